The van der Waals surface area contributed by atoms with Crippen molar-refractivity contribution in [1.82, 2.24) is 9.80 Å². The molecule has 2 rings (SSSR count). The Morgan fingerprint density at radius 2 is 1.88 bits per heavy atom. The van der Waals surface area contributed by atoms with Crippen molar-refractivity contribution in [1.29, 1.82) is 0 Å². The van der Waals surface area contributed by atoms with Crippen molar-refractivity contribution in [3.05, 3.63) is 0 Å². The zero-order valence-corrected chi connectivity index (χ0v) is 10.3. The number of urea groups is 1. The summed E-state index contributed by atoms with van der Waals surface area (Å²) in [6, 6.07) is -0.0557. The van der Waals surface area contributed by atoms with Gasteiger partial charge in [0.15, 0.2) is 6.10 Å². The number of nitrogens with zero attached hydrogens (tertiary/aromatic N) is 2. The van der Waals surface area contributed by atoms with Crippen LogP contribution >= 0.6 is 11.8 Å². The van der Waals surface area contributed by atoms with Gasteiger partial charge in [-0.05, 0) is 0 Å². The fourth-order valence-corrected chi connectivity index (χ4v) is 2.83. The van der Waals surface area contributed by atoms with E-state index in [-0.39, 0.29) is 12.6 Å². The summed E-state index contributed by atoms with van der Waals surface area (Å²) in [5.74, 6) is 0.911. The highest BCUT2D eigenvalue weighted by Crippen LogP contribution is 2.13. The van der Waals surface area contributed by atoms with Crippen LogP contribution in [0.15, 0.2) is 0 Å². The van der Waals surface area contributed by atoms with Crippen molar-refractivity contribution in [3.63, 3.8) is 0 Å². The van der Waals surface area contributed by atoms with Crippen LogP contribution in [0.1, 0.15) is 0 Å². The number of carboxylic acids is 1. The van der Waals surface area contributed by atoms with Gasteiger partial charge in [-0.25, -0.2) is 9.59 Å². The minimum absolute atomic E-state index is 0.0557. The van der Waals surface area contributed by atoms with E-state index in [9.17, 15) is 9.59 Å². The maximum Gasteiger partial charge on any atom is 0.334 e. The molecule has 0 aromatic heterocycles. The normalized spacial score (nSPS) is 25.8. The highest BCUT2D eigenvalue weighted by molar-refractivity contribution is 7.99. The number of thioether (sulfide) groups is 1. The predicted molar refractivity (Wildman–Crippen MR) is 63.2 cm³/mol. The molecular formula is C10H16N2O4S. The third-order valence-corrected chi connectivity index (χ3v) is 3.84. The third-order valence-electron chi connectivity index (χ3n) is 2.89. The molecule has 17 heavy (non-hydrogen) atoms. The number of hydrogen-bond acceptors (Lipinski definition) is 4. The molecule has 1 atom stereocenters. The Morgan fingerprint density at radius 3 is 2.53 bits per heavy atom. The summed E-state index contributed by atoms with van der Waals surface area (Å²) in [4.78, 5) is 26.3. The first-order valence-corrected chi connectivity index (χ1v) is 6.80. The van der Waals surface area contributed by atoms with Gasteiger partial charge in [0.05, 0.1) is 13.2 Å². The molecule has 0 saturated carbocycles. The molecule has 96 valence electrons. The highest BCUT2D eigenvalue weighted by atomic mass is 32.2. The molecular weight excluding hydrogens is 244 g/mol. The lowest BCUT2D eigenvalue weighted by Crippen LogP contribution is -2.54. The minimum atomic E-state index is -1.00. The van der Waals surface area contributed by atoms with Gasteiger partial charge in [-0.15, -0.1) is 0 Å². The van der Waals surface area contributed by atoms with Crippen molar-refractivity contribution in [2.45, 2.75) is 6.10 Å². The Bertz CT molecular complexity index is 307. The molecule has 2 aliphatic rings. The van der Waals surface area contributed by atoms with Crippen molar-refractivity contribution in [2.75, 3.05) is 44.3 Å². The van der Waals surface area contributed by atoms with E-state index in [4.69, 9.17) is 9.84 Å². The van der Waals surface area contributed by atoms with E-state index in [1.54, 1.807) is 9.80 Å². The number of rotatable bonds is 1. The first kappa shape index (κ1) is 12.5. The SMILES string of the molecule is O=C(O)C1CN(C(=O)N2CCSCC2)CCO1. The standard InChI is InChI=1S/C10H16N2O4S/c13-9(14)8-7-12(1-4-16-8)10(15)11-2-5-17-6-3-11/h8H,1-7H2,(H,13,14). The fourth-order valence-electron chi connectivity index (χ4n) is 1.93. The summed E-state index contributed by atoms with van der Waals surface area (Å²) in [5, 5.41) is 8.87. The first-order valence-electron chi connectivity index (χ1n) is 5.64. The van der Waals surface area contributed by atoms with E-state index >= 15 is 0 Å². The van der Waals surface area contributed by atoms with Crippen LogP contribution in [0.25, 0.3) is 0 Å². The molecule has 2 amide bonds. The summed E-state index contributed by atoms with van der Waals surface area (Å²) >= 11 is 1.84. The van der Waals surface area contributed by atoms with Crippen LogP contribution in [0.3, 0.4) is 0 Å². The van der Waals surface area contributed by atoms with E-state index in [1.165, 1.54) is 0 Å². The molecule has 1 N–H and O–H groups in total. The van der Waals surface area contributed by atoms with Gasteiger partial charge in [0.1, 0.15) is 0 Å². The van der Waals surface area contributed by atoms with Gasteiger partial charge in [0, 0.05) is 31.1 Å². The average Bonchev–Trinajstić information content (AvgIpc) is 2.39. The maximum absolute atomic E-state index is 12.1. The second-order valence-electron chi connectivity index (χ2n) is 4.03. The van der Waals surface area contributed by atoms with Gasteiger partial charge in [0.2, 0.25) is 0 Å². The molecule has 0 bridgehead atoms. The van der Waals surface area contributed by atoms with Crippen molar-refractivity contribution in [3.8, 4) is 0 Å². The third kappa shape index (κ3) is 3.04. The van der Waals surface area contributed by atoms with E-state index in [1.807, 2.05) is 11.8 Å². The second kappa shape index (κ2) is 5.59. The quantitative estimate of drug-likeness (QED) is 0.715. The molecule has 2 fully saturated rings. The van der Waals surface area contributed by atoms with Crippen LogP contribution < -0.4 is 0 Å². The van der Waals surface area contributed by atoms with Crippen LogP contribution in [-0.4, -0.2) is 77.3 Å². The Morgan fingerprint density at radius 1 is 1.18 bits per heavy atom. The van der Waals surface area contributed by atoms with Crippen molar-refractivity contribution < 1.29 is 19.4 Å². The predicted octanol–water partition coefficient (Wildman–Crippen LogP) is -0.0594. The number of aliphatic carboxylic acids is 1. The average molecular weight is 260 g/mol. The Labute approximate surface area is 104 Å². The smallest absolute Gasteiger partial charge is 0.334 e. The van der Waals surface area contributed by atoms with Gasteiger partial charge in [-0.1, -0.05) is 0 Å². The van der Waals surface area contributed by atoms with Crippen LogP contribution in [0.4, 0.5) is 4.79 Å². The lowest BCUT2D eigenvalue weighted by molar-refractivity contribution is -0.154. The fraction of sp³-hybridized carbons (Fsp3) is 0.800. The number of carboxylic acid groups (broad SMARTS) is 1. The monoisotopic (exact) mass is 260 g/mol. The van der Waals surface area contributed by atoms with Gasteiger partial charge in [-0.2, -0.15) is 11.8 Å². The second-order valence-corrected chi connectivity index (χ2v) is 5.25. The Kier molecular flexibility index (Phi) is 4.11. The van der Waals surface area contributed by atoms with Gasteiger partial charge >= 0.3 is 12.0 Å². The van der Waals surface area contributed by atoms with Crippen molar-refractivity contribution >= 4 is 23.8 Å². The molecule has 2 saturated heterocycles. The molecule has 0 spiro atoms. The number of hydrogen-bond donors (Lipinski definition) is 1. The molecule has 7 heteroatoms. The summed E-state index contributed by atoms with van der Waals surface area (Å²) < 4.78 is 5.09. The van der Waals surface area contributed by atoms with Gasteiger partial charge in [-0.3, -0.25) is 0 Å². The number of carbonyl (C=O) groups excluding carboxylic acids is 1. The zero-order chi connectivity index (χ0) is 12.3. The van der Waals surface area contributed by atoms with Crippen molar-refractivity contribution in [2.24, 2.45) is 0 Å². The summed E-state index contributed by atoms with van der Waals surface area (Å²) in [5.41, 5.74) is 0. The largest absolute Gasteiger partial charge is 0.479 e. The topological polar surface area (TPSA) is 70.1 Å². The molecule has 0 aliphatic carbocycles. The number of morpholine rings is 1. The molecule has 0 aromatic rings. The van der Waals surface area contributed by atoms with Gasteiger partial charge < -0.3 is 19.6 Å². The Balaban J connectivity index is 1.91. The van der Waals surface area contributed by atoms with Crippen LogP contribution in [-0.2, 0) is 9.53 Å². The molecule has 2 aliphatic heterocycles. The summed E-state index contributed by atoms with van der Waals surface area (Å²) in [6.45, 7) is 2.42. The molecule has 0 radical (unpaired) electrons. The van der Waals surface area contributed by atoms with Crippen LogP contribution in [0.2, 0.25) is 0 Å². The Hall–Kier alpha value is -0.950. The van der Waals surface area contributed by atoms with E-state index < -0.39 is 12.1 Å². The molecule has 6 nitrogen and oxygen atoms in total. The van der Waals surface area contributed by atoms with E-state index in [0.29, 0.717) is 13.2 Å². The number of ether oxygens (including phenoxy) is 1. The van der Waals surface area contributed by atoms with Crippen LogP contribution in [0, 0.1) is 0 Å². The summed E-state index contributed by atoms with van der Waals surface area (Å²) in [6.07, 6.45) is -0.883. The number of amides is 2. The molecule has 1 unspecified atom stereocenters. The van der Waals surface area contributed by atoms with E-state index in [2.05, 4.69) is 0 Å². The minimum Gasteiger partial charge on any atom is -0.479 e. The number of carbonyl (C=O) groups is 2. The molecule has 0 aromatic carbocycles. The maximum atomic E-state index is 12.1. The zero-order valence-electron chi connectivity index (χ0n) is 9.50. The van der Waals surface area contributed by atoms with Crippen LogP contribution in [0.5, 0.6) is 0 Å². The van der Waals surface area contributed by atoms with E-state index in [0.717, 1.165) is 24.6 Å². The van der Waals surface area contributed by atoms with Gasteiger partial charge in [0.25, 0.3) is 0 Å². The highest BCUT2D eigenvalue weighted by Gasteiger charge is 2.31. The first-order chi connectivity index (χ1) is 8.18. The lowest BCUT2D eigenvalue weighted by Gasteiger charge is -2.36. The molecule has 2 heterocycles. The lowest BCUT2D eigenvalue weighted by atomic mass is 10.3. The summed E-state index contributed by atoms with van der Waals surface area (Å²) in [7, 11) is 0.